The second-order valence-corrected chi connectivity index (χ2v) is 5.01. The lowest BCUT2D eigenvalue weighted by atomic mass is 10.0. The molecule has 0 aliphatic heterocycles. The van der Waals surface area contributed by atoms with Crippen molar-refractivity contribution in [2.75, 3.05) is 0 Å². The molecule has 5 nitrogen and oxygen atoms in total. The SMILES string of the molecule is CC(OCc1ccccc1)C(=O)N[C@H](C(=O)O)C(C)C. The highest BCUT2D eigenvalue weighted by atomic mass is 16.5. The fourth-order valence-electron chi connectivity index (χ4n) is 1.66. The summed E-state index contributed by atoms with van der Waals surface area (Å²) in [5.41, 5.74) is 0.964. The quantitative estimate of drug-likeness (QED) is 0.798. The third-order valence-corrected chi connectivity index (χ3v) is 2.94. The summed E-state index contributed by atoms with van der Waals surface area (Å²) < 4.78 is 5.45. The van der Waals surface area contributed by atoms with Gasteiger partial charge in [0.25, 0.3) is 0 Å². The lowest BCUT2D eigenvalue weighted by molar-refractivity contribution is -0.145. The van der Waals surface area contributed by atoms with Gasteiger partial charge in [0.05, 0.1) is 6.61 Å². The molecule has 0 fully saturated rings. The maximum absolute atomic E-state index is 11.9. The molecule has 0 radical (unpaired) electrons. The summed E-state index contributed by atoms with van der Waals surface area (Å²) in [6.45, 7) is 5.41. The molecule has 1 aromatic rings. The first kappa shape index (κ1) is 16.2. The molecule has 2 atom stereocenters. The van der Waals surface area contributed by atoms with Gasteiger partial charge in [0.2, 0.25) is 5.91 Å². The number of carbonyl (C=O) groups excluding carboxylic acids is 1. The van der Waals surface area contributed by atoms with E-state index in [0.717, 1.165) is 5.56 Å². The first-order chi connectivity index (χ1) is 9.41. The topological polar surface area (TPSA) is 75.6 Å². The molecule has 1 rings (SSSR count). The summed E-state index contributed by atoms with van der Waals surface area (Å²) in [6, 6.07) is 8.59. The highest BCUT2D eigenvalue weighted by molar-refractivity contribution is 5.86. The van der Waals surface area contributed by atoms with E-state index in [4.69, 9.17) is 9.84 Å². The van der Waals surface area contributed by atoms with Gasteiger partial charge in [-0.15, -0.1) is 0 Å². The molecule has 0 heterocycles. The molecule has 0 saturated carbocycles. The van der Waals surface area contributed by atoms with Crippen molar-refractivity contribution < 1.29 is 19.4 Å². The second kappa shape index (κ2) is 7.65. The molecule has 1 unspecified atom stereocenters. The van der Waals surface area contributed by atoms with E-state index in [-0.39, 0.29) is 5.92 Å². The van der Waals surface area contributed by atoms with Crippen LogP contribution >= 0.6 is 0 Å². The van der Waals surface area contributed by atoms with Crippen LogP contribution in [0.4, 0.5) is 0 Å². The standard InChI is InChI=1S/C15H21NO4/c1-10(2)13(15(18)19)16-14(17)11(3)20-9-12-7-5-4-6-8-12/h4-8,10-11,13H,9H2,1-3H3,(H,16,17)(H,18,19)/t11?,13-/m0/s1. The molecule has 0 saturated heterocycles. The van der Waals surface area contributed by atoms with Crippen LogP contribution < -0.4 is 5.32 Å². The van der Waals surface area contributed by atoms with Crippen molar-refractivity contribution in [3.8, 4) is 0 Å². The zero-order chi connectivity index (χ0) is 15.1. The monoisotopic (exact) mass is 279 g/mol. The smallest absolute Gasteiger partial charge is 0.326 e. The molecule has 1 amide bonds. The van der Waals surface area contributed by atoms with Crippen LogP contribution in [-0.4, -0.2) is 29.1 Å². The minimum Gasteiger partial charge on any atom is -0.480 e. The Morgan fingerprint density at radius 1 is 1.20 bits per heavy atom. The van der Waals surface area contributed by atoms with Crippen molar-refractivity contribution in [2.24, 2.45) is 5.92 Å². The Bertz CT molecular complexity index is 444. The molecular formula is C15H21NO4. The van der Waals surface area contributed by atoms with Gasteiger partial charge in [-0.1, -0.05) is 44.2 Å². The molecule has 20 heavy (non-hydrogen) atoms. The predicted octanol–water partition coefficient (Wildman–Crippen LogP) is 1.82. The van der Waals surface area contributed by atoms with E-state index >= 15 is 0 Å². The molecule has 0 aliphatic rings. The van der Waals surface area contributed by atoms with E-state index in [9.17, 15) is 9.59 Å². The van der Waals surface area contributed by atoms with Crippen LogP contribution in [0.5, 0.6) is 0 Å². The maximum atomic E-state index is 11.9. The lowest BCUT2D eigenvalue weighted by Crippen LogP contribution is -2.48. The number of benzene rings is 1. The Kier molecular flexibility index (Phi) is 6.18. The van der Waals surface area contributed by atoms with E-state index in [2.05, 4.69) is 5.32 Å². The Morgan fingerprint density at radius 3 is 2.30 bits per heavy atom. The second-order valence-electron chi connectivity index (χ2n) is 5.01. The third-order valence-electron chi connectivity index (χ3n) is 2.94. The van der Waals surface area contributed by atoms with Crippen LogP contribution in [0, 0.1) is 5.92 Å². The minimum atomic E-state index is -1.04. The number of amides is 1. The Labute approximate surface area is 118 Å². The average molecular weight is 279 g/mol. The van der Waals surface area contributed by atoms with Crippen molar-refractivity contribution in [2.45, 2.75) is 39.5 Å². The zero-order valence-corrected chi connectivity index (χ0v) is 12.0. The van der Waals surface area contributed by atoms with Crippen molar-refractivity contribution >= 4 is 11.9 Å². The van der Waals surface area contributed by atoms with Gasteiger partial charge in [-0.05, 0) is 18.4 Å². The predicted molar refractivity (Wildman–Crippen MR) is 75.1 cm³/mol. The van der Waals surface area contributed by atoms with Gasteiger partial charge >= 0.3 is 5.97 Å². The van der Waals surface area contributed by atoms with E-state index in [0.29, 0.717) is 6.61 Å². The van der Waals surface area contributed by atoms with Crippen molar-refractivity contribution in [3.63, 3.8) is 0 Å². The molecule has 5 heteroatoms. The highest BCUT2D eigenvalue weighted by Crippen LogP contribution is 2.06. The lowest BCUT2D eigenvalue weighted by Gasteiger charge is -2.20. The fraction of sp³-hybridized carbons (Fsp3) is 0.467. The van der Waals surface area contributed by atoms with Crippen molar-refractivity contribution in [1.82, 2.24) is 5.32 Å². The average Bonchev–Trinajstić information content (AvgIpc) is 2.42. The van der Waals surface area contributed by atoms with Gasteiger partial charge in [-0.25, -0.2) is 4.79 Å². The van der Waals surface area contributed by atoms with Gasteiger partial charge < -0.3 is 15.2 Å². The van der Waals surface area contributed by atoms with Crippen LogP contribution in [0.15, 0.2) is 30.3 Å². The number of carbonyl (C=O) groups is 2. The number of hydrogen-bond acceptors (Lipinski definition) is 3. The minimum absolute atomic E-state index is 0.183. The molecule has 1 aromatic carbocycles. The summed E-state index contributed by atoms with van der Waals surface area (Å²) in [5, 5.41) is 11.5. The van der Waals surface area contributed by atoms with Gasteiger partial charge in [-0.2, -0.15) is 0 Å². The zero-order valence-electron chi connectivity index (χ0n) is 12.0. The number of nitrogens with one attached hydrogen (secondary N) is 1. The number of carboxylic acid groups (broad SMARTS) is 1. The summed E-state index contributed by atoms with van der Waals surface area (Å²) in [6.07, 6.45) is -0.698. The maximum Gasteiger partial charge on any atom is 0.326 e. The van der Waals surface area contributed by atoms with Crippen LogP contribution in [-0.2, 0) is 20.9 Å². The number of hydrogen-bond donors (Lipinski definition) is 2. The van der Waals surface area contributed by atoms with Crippen LogP contribution in [0.3, 0.4) is 0 Å². The number of carboxylic acids is 1. The molecule has 0 aromatic heterocycles. The van der Waals surface area contributed by atoms with Crippen molar-refractivity contribution in [3.05, 3.63) is 35.9 Å². The Morgan fingerprint density at radius 2 is 1.80 bits per heavy atom. The Hall–Kier alpha value is -1.88. The van der Waals surface area contributed by atoms with Crippen LogP contribution in [0.25, 0.3) is 0 Å². The van der Waals surface area contributed by atoms with Crippen molar-refractivity contribution in [1.29, 1.82) is 0 Å². The normalized spacial score (nSPS) is 13.8. The van der Waals surface area contributed by atoms with Gasteiger partial charge in [0.1, 0.15) is 12.1 Å². The molecule has 0 spiro atoms. The summed E-state index contributed by atoms with van der Waals surface area (Å²) >= 11 is 0. The number of aliphatic carboxylic acids is 1. The van der Waals surface area contributed by atoms with E-state index in [1.807, 2.05) is 30.3 Å². The molecule has 0 bridgehead atoms. The summed E-state index contributed by atoms with van der Waals surface area (Å²) in [5.74, 6) is -1.64. The number of ether oxygens (including phenoxy) is 1. The first-order valence-electron chi connectivity index (χ1n) is 6.60. The van der Waals surface area contributed by atoms with Crippen LogP contribution in [0.1, 0.15) is 26.3 Å². The summed E-state index contributed by atoms with van der Waals surface area (Å²) in [4.78, 5) is 22.9. The van der Waals surface area contributed by atoms with E-state index in [1.165, 1.54) is 0 Å². The first-order valence-corrected chi connectivity index (χ1v) is 6.60. The van der Waals surface area contributed by atoms with Gasteiger partial charge in [0, 0.05) is 0 Å². The number of rotatable bonds is 7. The molecule has 2 N–H and O–H groups in total. The van der Waals surface area contributed by atoms with Gasteiger partial charge in [0.15, 0.2) is 0 Å². The molecular weight excluding hydrogens is 258 g/mol. The third kappa shape index (κ3) is 5.01. The van der Waals surface area contributed by atoms with E-state index < -0.39 is 24.0 Å². The fourth-order valence-corrected chi connectivity index (χ4v) is 1.66. The summed E-state index contributed by atoms with van der Waals surface area (Å²) in [7, 11) is 0. The molecule has 0 aliphatic carbocycles. The van der Waals surface area contributed by atoms with E-state index in [1.54, 1.807) is 20.8 Å². The largest absolute Gasteiger partial charge is 0.480 e. The highest BCUT2D eigenvalue weighted by Gasteiger charge is 2.25. The molecule has 110 valence electrons. The Balaban J connectivity index is 2.48. The van der Waals surface area contributed by atoms with Gasteiger partial charge in [-0.3, -0.25) is 4.79 Å². The van der Waals surface area contributed by atoms with Crippen LogP contribution in [0.2, 0.25) is 0 Å².